The standard InChI is InChI=1S/C19H19ClN2O3/c1-22-15-8-9-17(25-2)18(20)13(15)10-16(22)19(24)21-14(11-23)12-6-4-3-5-7-12/h3-10,14,23H,11H2,1-2H3,(H,21,24)/t14-/m1/s1. The molecular formula is C19H19ClN2O3. The zero-order chi connectivity index (χ0) is 18.0. The van der Waals surface area contributed by atoms with Gasteiger partial charge in [-0.05, 0) is 23.8 Å². The lowest BCUT2D eigenvalue weighted by molar-refractivity contribution is 0.0908. The number of fused-ring (bicyclic) bond motifs is 1. The molecule has 2 aromatic carbocycles. The van der Waals surface area contributed by atoms with E-state index in [2.05, 4.69) is 5.32 Å². The average Bonchev–Trinajstić information content (AvgIpc) is 2.98. The number of amides is 1. The van der Waals surface area contributed by atoms with Crippen LogP contribution in [0.15, 0.2) is 48.5 Å². The molecule has 5 nitrogen and oxygen atoms in total. The first-order valence-electron chi connectivity index (χ1n) is 7.85. The van der Waals surface area contributed by atoms with E-state index >= 15 is 0 Å². The second-order valence-corrected chi connectivity index (χ2v) is 6.10. The van der Waals surface area contributed by atoms with Crippen molar-refractivity contribution in [3.63, 3.8) is 0 Å². The van der Waals surface area contributed by atoms with Crippen LogP contribution in [-0.2, 0) is 7.05 Å². The van der Waals surface area contributed by atoms with Crippen LogP contribution in [0.4, 0.5) is 0 Å². The third-order valence-electron chi connectivity index (χ3n) is 4.27. The number of hydrogen-bond acceptors (Lipinski definition) is 3. The van der Waals surface area contributed by atoms with Gasteiger partial charge in [0.15, 0.2) is 0 Å². The van der Waals surface area contributed by atoms with Gasteiger partial charge in [0.2, 0.25) is 0 Å². The van der Waals surface area contributed by atoms with Gasteiger partial charge in [-0.2, -0.15) is 0 Å². The number of halogens is 1. The molecular weight excluding hydrogens is 340 g/mol. The van der Waals surface area contributed by atoms with E-state index in [0.29, 0.717) is 16.5 Å². The van der Waals surface area contributed by atoms with Gasteiger partial charge < -0.3 is 19.7 Å². The molecule has 0 aliphatic rings. The van der Waals surface area contributed by atoms with Crippen molar-refractivity contribution in [2.45, 2.75) is 6.04 Å². The fourth-order valence-electron chi connectivity index (χ4n) is 2.88. The van der Waals surface area contributed by atoms with Crippen molar-refractivity contribution in [2.75, 3.05) is 13.7 Å². The lowest BCUT2D eigenvalue weighted by Crippen LogP contribution is -2.31. The van der Waals surface area contributed by atoms with Crippen LogP contribution in [0.2, 0.25) is 5.02 Å². The molecule has 1 heterocycles. The summed E-state index contributed by atoms with van der Waals surface area (Å²) >= 11 is 6.35. The highest BCUT2D eigenvalue weighted by molar-refractivity contribution is 6.37. The van der Waals surface area contributed by atoms with E-state index in [-0.39, 0.29) is 12.5 Å². The number of nitrogens with zero attached hydrogens (tertiary/aromatic N) is 1. The highest BCUT2D eigenvalue weighted by Crippen LogP contribution is 2.34. The smallest absolute Gasteiger partial charge is 0.268 e. The second-order valence-electron chi connectivity index (χ2n) is 5.72. The number of aromatic nitrogens is 1. The number of aliphatic hydroxyl groups is 1. The molecule has 130 valence electrons. The quantitative estimate of drug-likeness (QED) is 0.735. The Morgan fingerprint density at radius 1 is 1.28 bits per heavy atom. The van der Waals surface area contributed by atoms with Gasteiger partial charge in [0.1, 0.15) is 11.4 Å². The van der Waals surface area contributed by atoms with Crippen molar-refractivity contribution >= 4 is 28.4 Å². The fourth-order valence-corrected chi connectivity index (χ4v) is 3.17. The van der Waals surface area contributed by atoms with Gasteiger partial charge in [0.05, 0.1) is 30.3 Å². The SMILES string of the molecule is COc1ccc2c(cc(C(=O)N[C@H](CO)c3ccccc3)n2C)c1Cl. The molecule has 0 fully saturated rings. The average molecular weight is 359 g/mol. The molecule has 25 heavy (non-hydrogen) atoms. The van der Waals surface area contributed by atoms with Crippen LogP contribution >= 0.6 is 11.6 Å². The predicted molar refractivity (Wildman–Crippen MR) is 98.2 cm³/mol. The van der Waals surface area contributed by atoms with Crippen LogP contribution in [0, 0.1) is 0 Å². The number of hydrogen-bond donors (Lipinski definition) is 2. The van der Waals surface area contributed by atoms with Gasteiger partial charge in [-0.3, -0.25) is 4.79 Å². The number of carbonyl (C=O) groups is 1. The normalized spacial score (nSPS) is 12.2. The van der Waals surface area contributed by atoms with E-state index < -0.39 is 6.04 Å². The van der Waals surface area contributed by atoms with Crippen molar-refractivity contribution in [3.8, 4) is 5.75 Å². The first kappa shape index (κ1) is 17.3. The van der Waals surface area contributed by atoms with Gasteiger partial charge in [-0.1, -0.05) is 41.9 Å². The number of benzene rings is 2. The zero-order valence-electron chi connectivity index (χ0n) is 14.0. The predicted octanol–water partition coefficient (Wildman–Crippen LogP) is 3.30. The largest absolute Gasteiger partial charge is 0.495 e. The Morgan fingerprint density at radius 2 is 2.00 bits per heavy atom. The molecule has 1 atom stereocenters. The molecule has 0 unspecified atom stereocenters. The first-order valence-corrected chi connectivity index (χ1v) is 8.23. The summed E-state index contributed by atoms with van der Waals surface area (Å²) in [4.78, 5) is 12.7. The zero-order valence-corrected chi connectivity index (χ0v) is 14.7. The Labute approximate surface area is 150 Å². The molecule has 3 aromatic rings. The molecule has 1 amide bonds. The van der Waals surface area contributed by atoms with Crippen LogP contribution in [0.3, 0.4) is 0 Å². The summed E-state index contributed by atoms with van der Waals surface area (Å²) in [6.45, 7) is -0.186. The van der Waals surface area contributed by atoms with Gasteiger partial charge >= 0.3 is 0 Å². The summed E-state index contributed by atoms with van der Waals surface area (Å²) in [5.74, 6) is 0.279. The number of aryl methyl sites for hydroxylation is 1. The highest BCUT2D eigenvalue weighted by Gasteiger charge is 2.20. The molecule has 3 rings (SSSR count). The van der Waals surface area contributed by atoms with E-state index in [4.69, 9.17) is 16.3 Å². The Hall–Kier alpha value is -2.50. The topological polar surface area (TPSA) is 63.5 Å². The maximum Gasteiger partial charge on any atom is 0.268 e. The van der Waals surface area contributed by atoms with Crippen LogP contribution in [0.25, 0.3) is 10.9 Å². The van der Waals surface area contributed by atoms with Crippen molar-refractivity contribution < 1.29 is 14.6 Å². The van der Waals surface area contributed by atoms with Crippen molar-refractivity contribution in [3.05, 3.63) is 64.8 Å². The minimum absolute atomic E-state index is 0.186. The number of ether oxygens (including phenoxy) is 1. The van der Waals surface area contributed by atoms with Gasteiger partial charge in [0, 0.05) is 12.4 Å². The summed E-state index contributed by atoms with van der Waals surface area (Å²) < 4.78 is 7.00. The van der Waals surface area contributed by atoms with E-state index in [1.165, 1.54) is 0 Å². The van der Waals surface area contributed by atoms with Gasteiger partial charge in [-0.15, -0.1) is 0 Å². The monoisotopic (exact) mass is 358 g/mol. The van der Waals surface area contributed by atoms with Crippen molar-refractivity contribution in [1.82, 2.24) is 9.88 Å². The maximum atomic E-state index is 12.7. The third kappa shape index (κ3) is 3.21. The minimum Gasteiger partial charge on any atom is -0.495 e. The van der Waals surface area contributed by atoms with Gasteiger partial charge in [0.25, 0.3) is 5.91 Å². The second kappa shape index (κ2) is 7.17. The van der Waals surface area contributed by atoms with Crippen LogP contribution in [0.1, 0.15) is 22.1 Å². The number of aliphatic hydroxyl groups excluding tert-OH is 1. The molecule has 0 radical (unpaired) electrons. The van der Waals surface area contributed by atoms with E-state index in [1.54, 1.807) is 30.9 Å². The van der Waals surface area contributed by atoms with E-state index in [9.17, 15) is 9.90 Å². The van der Waals surface area contributed by atoms with Crippen molar-refractivity contribution in [1.29, 1.82) is 0 Å². The summed E-state index contributed by atoms with van der Waals surface area (Å²) in [6.07, 6.45) is 0. The van der Waals surface area contributed by atoms with Crippen LogP contribution < -0.4 is 10.1 Å². The molecule has 0 saturated carbocycles. The van der Waals surface area contributed by atoms with Crippen LogP contribution in [0.5, 0.6) is 5.75 Å². The molecule has 0 aliphatic carbocycles. The molecule has 6 heteroatoms. The Morgan fingerprint density at radius 3 is 2.64 bits per heavy atom. The minimum atomic E-state index is -0.475. The summed E-state index contributed by atoms with van der Waals surface area (Å²) in [6, 6.07) is 14.2. The van der Waals surface area contributed by atoms with E-state index in [1.807, 2.05) is 36.4 Å². The first-order chi connectivity index (χ1) is 12.1. The molecule has 0 bridgehead atoms. The molecule has 0 spiro atoms. The number of methoxy groups -OCH3 is 1. The molecule has 1 aromatic heterocycles. The number of rotatable bonds is 5. The number of nitrogens with one attached hydrogen (secondary N) is 1. The van der Waals surface area contributed by atoms with Crippen molar-refractivity contribution in [2.24, 2.45) is 7.05 Å². The third-order valence-corrected chi connectivity index (χ3v) is 4.66. The molecule has 0 aliphatic heterocycles. The Kier molecular flexibility index (Phi) is 4.97. The highest BCUT2D eigenvalue weighted by atomic mass is 35.5. The lowest BCUT2D eigenvalue weighted by Gasteiger charge is -2.17. The van der Waals surface area contributed by atoms with Gasteiger partial charge in [-0.25, -0.2) is 0 Å². The van der Waals surface area contributed by atoms with Crippen LogP contribution in [-0.4, -0.2) is 29.3 Å². The summed E-state index contributed by atoms with van der Waals surface area (Å²) in [7, 11) is 3.35. The summed E-state index contributed by atoms with van der Waals surface area (Å²) in [5.41, 5.74) is 2.13. The Balaban J connectivity index is 1.94. The number of carbonyl (C=O) groups excluding carboxylic acids is 1. The summed E-state index contributed by atoms with van der Waals surface area (Å²) in [5, 5.41) is 13.7. The lowest BCUT2D eigenvalue weighted by atomic mass is 10.1. The molecule has 2 N–H and O–H groups in total. The molecule has 0 saturated heterocycles. The maximum absolute atomic E-state index is 12.7. The van der Waals surface area contributed by atoms with E-state index in [0.717, 1.165) is 16.5 Å². The fraction of sp³-hybridized carbons (Fsp3) is 0.211. The Bertz CT molecular complexity index is 906.